The molecule has 0 spiro atoms. The van der Waals surface area contributed by atoms with Crippen molar-refractivity contribution in [2.24, 2.45) is 7.05 Å². The van der Waals surface area contributed by atoms with E-state index in [0.717, 1.165) is 12.1 Å². The highest BCUT2D eigenvalue weighted by Crippen LogP contribution is 2.34. The summed E-state index contributed by atoms with van der Waals surface area (Å²) in [6.45, 7) is 0.834. The minimum atomic E-state index is -4.82. The average molecular weight is 549 g/mol. The highest BCUT2D eigenvalue weighted by Gasteiger charge is 2.43. The lowest BCUT2D eigenvalue weighted by Gasteiger charge is -2.49. The van der Waals surface area contributed by atoms with Gasteiger partial charge >= 0.3 is 6.18 Å². The van der Waals surface area contributed by atoms with E-state index >= 15 is 0 Å². The molecule has 0 aliphatic carbocycles. The summed E-state index contributed by atoms with van der Waals surface area (Å²) in [5.74, 6) is -0.910. The van der Waals surface area contributed by atoms with Crippen molar-refractivity contribution in [1.82, 2.24) is 29.5 Å². The topological polar surface area (TPSA) is 110 Å². The molecule has 15 heteroatoms. The summed E-state index contributed by atoms with van der Waals surface area (Å²) in [5.41, 5.74) is -2.55. The summed E-state index contributed by atoms with van der Waals surface area (Å²) >= 11 is 0. The highest BCUT2D eigenvalue weighted by atomic mass is 32.2. The van der Waals surface area contributed by atoms with Crippen LogP contribution >= 0.6 is 0 Å². The molecule has 37 heavy (non-hydrogen) atoms. The molecular weight excluding hydrogens is 520 g/mol. The average Bonchev–Trinajstić information content (AvgIpc) is 3.34. The number of amides is 1. The molecule has 0 atom stereocenters. The molecule has 204 valence electrons. The van der Waals surface area contributed by atoms with E-state index < -0.39 is 45.4 Å². The maximum Gasteiger partial charge on any atom is 0.417 e. The van der Waals surface area contributed by atoms with Crippen LogP contribution in [0.5, 0.6) is 0 Å². The number of alkyl halides is 4. The molecule has 4 rings (SSSR count). The number of aromatic nitrogens is 3. The number of benzene rings is 1. The van der Waals surface area contributed by atoms with Gasteiger partial charge in [0, 0.05) is 58.5 Å². The largest absolute Gasteiger partial charge is 0.417 e. The van der Waals surface area contributed by atoms with Gasteiger partial charge in [-0.05, 0) is 30.5 Å². The number of nitrogens with zero attached hydrogens (tertiary/aromatic N) is 5. The second-order valence-electron chi connectivity index (χ2n) is 9.15. The molecule has 3 heterocycles. The van der Waals surface area contributed by atoms with Crippen molar-refractivity contribution in [3.8, 4) is 0 Å². The summed E-state index contributed by atoms with van der Waals surface area (Å²) in [4.78, 5) is 14.9. The summed E-state index contributed by atoms with van der Waals surface area (Å²) in [6.07, 6.45) is -2.47. The second kappa shape index (κ2) is 10.6. The summed E-state index contributed by atoms with van der Waals surface area (Å²) in [6, 6.07) is 2.79. The number of aryl methyl sites for hydroxylation is 1. The molecule has 1 aromatic carbocycles. The molecule has 0 bridgehead atoms. The summed E-state index contributed by atoms with van der Waals surface area (Å²) < 4.78 is 87.5. The van der Waals surface area contributed by atoms with Crippen LogP contribution in [0.2, 0.25) is 0 Å². The zero-order valence-electron chi connectivity index (χ0n) is 20.2. The highest BCUT2D eigenvalue weighted by molar-refractivity contribution is 7.89. The monoisotopic (exact) mass is 548 g/mol. The number of ether oxygens (including phenoxy) is 1. The van der Waals surface area contributed by atoms with Gasteiger partial charge in [-0.2, -0.15) is 17.5 Å². The molecular formula is C22H28F4N6O4S. The minimum Gasteiger partial charge on any atom is -0.381 e. The van der Waals surface area contributed by atoms with Gasteiger partial charge in [-0.15, -0.1) is 5.10 Å². The zero-order valence-corrected chi connectivity index (χ0v) is 21.0. The van der Waals surface area contributed by atoms with E-state index in [4.69, 9.17) is 4.74 Å². The van der Waals surface area contributed by atoms with Gasteiger partial charge < -0.3 is 10.1 Å². The van der Waals surface area contributed by atoms with Crippen LogP contribution in [0.1, 0.15) is 34.3 Å². The Balaban J connectivity index is 1.48. The first kappa shape index (κ1) is 27.4. The van der Waals surface area contributed by atoms with Gasteiger partial charge in [0.05, 0.1) is 17.3 Å². The van der Waals surface area contributed by atoms with Crippen molar-refractivity contribution in [3.05, 3.63) is 41.1 Å². The molecule has 1 aromatic heterocycles. The molecule has 1 amide bonds. The van der Waals surface area contributed by atoms with Crippen molar-refractivity contribution in [2.75, 3.05) is 45.9 Å². The van der Waals surface area contributed by atoms with Crippen LogP contribution in [0.3, 0.4) is 0 Å². The number of hydrogen-bond acceptors (Lipinski definition) is 7. The number of carbonyl (C=O) groups excluding carboxylic acids is 1. The Morgan fingerprint density at radius 3 is 2.41 bits per heavy atom. The Bertz CT molecular complexity index is 1220. The Kier molecular flexibility index (Phi) is 7.88. The number of nitrogens with one attached hydrogen (secondary N) is 1. The number of sulfonamides is 1. The molecule has 0 unspecified atom stereocenters. The molecule has 0 radical (unpaired) electrons. The van der Waals surface area contributed by atoms with Gasteiger partial charge in [0.1, 0.15) is 6.67 Å². The van der Waals surface area contributed by atoms with E-state index in [1.165, 1.54) is 15.2 Å². The summed E-state index contributed by atoms with van der Waals surface area (Å²) in [5, 5.41) is 9.89. The van der Waals surface area contributed by atoms with Gasteiger partial charge in [-0.1, -0.05) is 11.3 Å². The second-order valence-corrected chi connectivity index (χ2v) is 11.0. The minimum absolute atomic E-state index is 0.0499. The van der Waals surface area contributed by atoms with E-state index in [0.29, 0.717) is 45.2 Å². The fourth-order valence-corrected chi connectivity index (χ4v) is 6.12. The Hall–Kier alpha value is -2.62. The van der Waals surface area contributed by atoms with E-state index in [2.05, 4.69) is 20.5 Å². The Labute approximate surface area is 211 Å². The third kappa shape index (κ3) is 5.78. The first-order chi connectivity index (χ1) is 17.5. The van der Waals surface area contributed by atoms with E-state index in [1.54, 1.807) is 7.05 Å². The van der Waals surface area contributed by atoms with Gasteiger partial charge in [0.15, 0.2) is 0 Å². The SMILES string of the molecule is Cn1cc(S(=O)(=O)N2CCN(C3(CNC(=O)c4ccc(CF)cc4C(F)(F)F)CCOCC3)CC2)nn1. The van der Waals surface area contributed by atoms with E-state index in [9.17, 15) is 30.8 Å². The fourth-order valence-electron chi connectivity index (χ4n) is 4.78. The number of carbonyl (C=O) groups is 1. The van der Waals surface area contributed by atoms with Crippen molar-refractivity contribution < 1.29 is 35.5 Å². The van der Waals surface area contributed by atoms with Crippen LogP contribution < -0.4 is 5.32 Å². The molecule has 2 aromatic rings. The number of hydrogen-bond donors (Lipinski definition) is 1. The number of piperazine rings is 1. The standard InChI is InChI=1S/C22H28F4N6O4S/c1-30-14-19(28-29-30)37(34,35)32-8-6-31(7-9-32)21(4-10-36-11-5-21)15-27-20(33)17-3-2-16(13-23)12-18(17)22(24,25)26/h2-3,12,14H,4-11,13,15H2,1H3,(H,27,33). The summed E-state index contributed by atoms with van der Waals surface area (Å²) in [7, 11) is -2.25. The molecule has 1 N–H and O–H groups in total. The molecule has 2 saturated heterocycles. The molecule has 2 fully saturated rings. The van der Waals surface area contributed by atoms with Crippen LogP contribution in [0.4, 0.5) is 17.6 Å². The lowest BCUT2D eigenvalue weighted by molar-refractivity contribution is -0.138. The van der Waals surface area contributed by atoms with Gasteiger partial charge in [0.2, 0.25) is 5.03 Å². The van der Waals surface area contributed by atoms with Gasteiger partial charge in [-0.25, -0.2) is 12.8 Å². The van der Waals surface area contributed by atoms with Gasteiger partial charge in [0.25, 0.3) is 15.9 Å². The lowest BCUT2D eigenvalue weighted by atomic mass is 9.87. The maximum atomic E-state index is 13.6. The van der Waals surface area contributed by atoms with Crippen LogP contribution in [-0.2, 0) is 34.7 Å². The van der Waals surface area contributed by atoms with Crippen LogP contribution in [0, 0.1) is 0 Å². The van der Waals surface area contributed by atoms with Gasteiger partial charge in [-0.3, -0.25) is 14.4 Å². The lowest BCUT2D eigenvalue weighted by Crippen LogP contribution is -2.63. The molecule has 2 aliphatic heterocycles. The van der Waals surface area contributed by atoms with Crippen molar-refractivity contribution in [1.29, 1.82) is 0 Å². The first-order valence-electron chi connectivity index (χ1n) is 11.7. The third-order valence-corrected chi connectivity index (χ3v) is 8.65. The predicted molar refractivity (Wildman–Crippen MR) is 123 cm³/mol. The quantitative estimate of drug-likeness (QED) is 0.524. The normalized spacial score (nSPS) is 19.6. The maximum absolute atomic E-state index is 13.6. The number of rotatable bonds is 7. The van der Waals surface area contributed by atoms with Crippen molar-refractivity contribution >= 4 is 15.9 Å². The molecule has 2 aliphatic rings. The smallest absolute Gasteiger partial charge is 0.381 e. The fraction of sp³-hybridized carbons (Fsp3) is 0.591. The number of halogens is 4. The zero-order chi connectivity index (χ0) is 26.8. The Morgan fingerprint density at radius 2 is 1.84 bits per heavy atom. The van der Waals surface area contributed by atoms with E-state index in [1.807, 2.05) is 0 Å². The van der Waals surface area contributed by atoms with E-state index in [-0.39, 0.29) is 30.2 Å². The molecule has 10 nitrogen and oxygen atoms in total. The van der Waals surface area contributed by atoms with Crippen LogP contribution in [0.15, 0.2) is 29.4 Å². The van der Waals surface area contributed by atoms with Crippen molar-refractivity contribution in [2.45, 2.75) is 36.3 Å². The predicted octanol–water partition coefficient (Wildman–Crippen LogP) is 1.59. The Morgan fingerprint density at radius 1 is 1.16 bits per heavy atom. The van der Waals surface area contributed by atoms with Crippen LogP contribution in [-0.4, -0.2) is 90.0 Å². The first-order valence-corrected chi connectivity index (χ1v) is 13.1. The van der Waals surface area contributed by atoms with Crippen LogP contribution in [0.25, 0.3) is 0 Å². The molecule has 0 saturated carbocycles. The third-order valence-electron chi connectivity index (χ3n) is 6.89. The van der Waals surface area contributed by atoms with Crippen molar-refractivity contribution in [3.63, 3.8) is 0 Å².